The van der Waals surface area contributed by atoms with Crippen LogP contribution in [0.1, 0.15) is 29.3 Å². The van der Waals surface area contributed by atoms with Crippen LogP contribution in [-0.4, -0.2) is 76.3 Å². The molecular weight excluding hydrogens is 488 g/mol. The van der Waals surface area contributed by atoms with E-state index in [-0.39, 0.29) is 30.1 Å². The molecule has 3 aromatic rings. The summed E-state index contributed by atoms with van der Waals surface area (Å²) in [6.45, 7) is 0.900. The van der Waals surface area contributed by atoms with Crippen molar-refractivity contribution in [3.8, 4) is 11.5 Å². The van der Waals surface area contributed by atoms with Crippen LogP contribution in [0.2, 0.25) is 0 Å². The number of aromatic hydroxyl groups is 1. The predicted molar refractivity (Wildman–Crippen MR) is 127 cm³/mol. The number of hydrogen-bond acceptors (Lipinski definition) is 11. The van der Waals surface area contributed by atoms with Gasteiger partial charge in [0.1, 0.15) is 41.0 Å². The number of phenols is 1. The van der Waals surface area contributed by atoms with Gasteiger partial charge < -0.3 is 43.8 Å². The third kappa shape index (κ3) is 5.86. The number of carbonyl (C=O) groups excluding carboxylic acids is 2. The van der Waals surface area contributed by atoms with Crippen molar-refractivity contribution in [1.82, 2.24) is 0 Å². The number of ether oxygens (including phenoxy) is 4. The van der Waals surface area contributed by atoms with Crippen molar-refractivity contribution < 1.29 is 53.4 Å². The lowest BCUT2D eigenvalue weighted by molar-refractivity contribution is -0.278. The highest BCUT2D eigenvalue weighted by atomic mass is 16.8. The smallest absolute Gasteiger partial charge is 0.507 e. The molecule has 1 aliphatic rings. The Hall–Kier alpha value is -3.64. The molecule has 0 amide bonds. The highest BCUT2D eigenvalue weighted by molar-refractivity contribution is 6.01. The first-order valence-electron chi connectivity index (χ1n) is 11.8. The molecule has 0 spiro atoms. The van der Waals surface area contributed by atoms with Gasteiger partial charge in [-0.3, -0.25) is 4.79 Å². The van der Waals surface area contributed by atoms with E-state index >= 15 is 0 Å². The number of rotatable bonds is 9. The van der Waals surface area contributed by atoms with Gasteiger partial charge in [0.05, 0.1) is 19.5 Å². The lowest BCUT2D eigenvalue weighted by atomic mass is 9.98. The van der Waals surface area contributed by atoms with Crippen molar-refractivity contribution in [2.75, 3.05) is 13.2 Å². The lowest BCUT2D eigenvalue weighted by Crippen LogP contribution is -2.61. The van der Waals surface area contributed by atoms with Gasteiger partial charge in [0.2, 0.25) is 6.29 Å². The van der Waals surface area contributed by atoms with Crippen LogP contribution < -0.4 is 4.74 Å². The first-order valence-corrected chi connectivity index (χ1v) is 11.8. The molecule has 37 heavy (non-hydrogen) atoms. The molecule has 11 heteroatoms. The second-order valence-corrected chi connectivity index (χ2v) is 8.46. The van der Waals surface area contributed by atoms with Gasteiger partial charge >= 0.3 is 6.16 Å². The highest BCUT2D eigenvalue weighted by Gasteiger charge is 2.48. The maximum Gasteiger partial charge on any atom is 0.508 e. The van der Waals surface area contributed by atoms with Crippen molar-refractivity contribution in [1.29, 1.82) is 0 Å². The zero-order chi connectivity index (χ0) is 26.5. The van der Waals surface area contributed by atoms with E-state index in [9.17, 15) is 30.0 Å². The molecule has 0 radical (unpaired) electrons. The average molecular weight is 516 g/mol. The van der Waals surface area contributed by atoms with Crippen LogP contribution in [0.25, 0.3) is 11.0 Å². The summed E-state index contributed by atoms with van der Waals surface area (Å²) in [7, 11) is 0. The summed E-state index contributed by atoms with van der Waals surface area (Å²) >= 11 is 0. The number of aliphatic hydroxyl groups excluding tert-OH is 3. The number of Topliss-reactive ketones (excluding diaryl/α,β-unsaturated/α-hetero) is 1. The molecule has 0 unspecified atom stereocenters. The molecule has 5 atom stereocenters. The van der Waals surface area contributed by atoms with Crippen molar-refractivity contribution in [3.05, 3.63) is 59.9 Å². The maximum absolute atomic E-state index is 13.1. The predicted octanol–water partition coefficient (Wildman–Crippen LogP) is 2.31. The van der Waals surface area contributed by atoms with Crippen molar-refractivity contribution in [2.45, 2.75) is 50.5 Å². The van der Waals surface area contributed by atoms with Gasteiger partial charge in [-0.15, -0.1) is 0 Å². The number of aryl methyl sites for hydroxylation is 1. The number of ketones is 1. The van der Waals surface area contributed by atoms with Gasteiger partial charge in [0.25, 0.3) is 0 Å². The number of aliphatic hydroxyl groups is 3. The molecule has 0 bridgehead atoms. The molecule has 0 saturated carbocycles. The van der Waals surface area contributed by atoms with Crippen molar-refractivity contribution in [2.24, 2.45) is 0 Å². The lowest BCUT2D eigenvalue weighted by Gasteiger charge is -2.41. The number of benzene rings is 2. The Morgan fingerprint density at radius 3 is 2.65 bits per heavy atom. The van der Waals surface area contributed by atoms with Crippen molar-refractivity contribution in [3.63, 3.8) is 0 Å². The quantitative estimate of drug-likeness (QED) is 0.244. The van der Waals surface area contributed by atoms with Crippen LogP contribution >= 0.6 is 0 Å². The fourth-order valence-corrected chi connectivity index (χ4v) is 4.14. The van der Waals surface area contributed by atoms with Gasteiger partial charge in [0.15, 0.2) is 11.9 Å². The number of phenolic OH excluding ortho intramolecular Hbond substituents is 1. The Morgan fingerprint density at radius 1 is 1.08 bits per heavy atom. The molecule has 4 N–H and O–H groups in total. The van der Waals surface area contributed by atoms with E-state index in [1.54, 1.807) is 13.2 Å². The summed E-state index contributed by atoms with van der Waals surface area (Å²) in [5.74, 6) is -0.845. The monoisotopic (exact) mass is 516 g/mol. The van der Waals surface area contributed by atoms with Gasteiger partial charge in [0, 0.05) is 11.8 Å². The van der Waals surface area contributed by atoms with E-state index in [0.29, 0.717) is 6.42 Å². The first kappa shape index (κ1) is 26.4. The third-order valence-electron chi connectivity index (χ3n) is 6.00. The standard InChI is InChI=1S/C26H28O11/c1-2-33-26(32)37-24-20(13-27)36-25(23(31)22(24)30)35-19-5-3-4-16(28)21(19)17(29)8-6-14-7-9-18-15(12-14)10-11-34-18/h3-5,7,9-12,20,22-25,27-28,30-31H,2,6,8,13H2,1H3/t20-,22-,23-,24-,25-/m1/s1. The molecule has 198 valence electrons. The Kier molecular flexibility index (Phi) is 8.29. The minimum atomic E-state index is -1.73. The Morgan fingerprint density at radius 2 is 1.89 bits per heavy atom. The number of hydrogen-bond donors (Lipinski definition) is 4. The Balaban J connectivity index is 1.48. The molecule has 11 nitrogen and oxygen atoms in total. The molecule has 4 rings (SSSR count). The largest absolute Gasteiger partial charge is 0.508 e. The van der Waals surface area contributed by atoms with E-state index in [1.165, 1.54) is 18.2 Å². The van der Waals surface area contributed by atoms with Crippen LogP contribution in [0.5, 0.6) is 11.5 Å². The first-order chi connectivity index (χ1) is 17.8. The number of furan rings is 1. The van der Waals surface area contributed by atoms with Crippen molar-refractivity contribution >= 4 is 22.9 Å². The van der Waals surface area contributed by atoms with Crippen LogP contribution in [0, 0.1) is 0 Å². The Labute approximate surface area is 211 Å². The molecule has 2 heterocycles. The van der Waals surface area contributed by atoms with Gasteiger partial charge in [-0.05, 0) is 49.2 Å². The fraction of sp³-hybridized carbons (Fsp3) is 0.385. The third-order valence-corrected chi connectivity index (χ3v) is 6.00. The highest BCUT2D eigenvalue weighted by Crippen LogP contribution is 2.33. The van der Waals surface area contributed by atoms with Gasteiger partial charge in [-0.2, -0.15) is 0 Å². The van der Waals surface area contributed by atoms with E-state index in [1.807, 2.05) is 24.3 Å². The average Bonchev–Trinajstić information content (AvgIpc) is 3.35. The maximum atomic E-state index is 13.1. The molecule has 1 saturated heterocycles. The second kappa shape index (κ2) is 11.6. The van der Waals surface area contributed by atoms with E-state index in [4.69, 9.17) is 18.6 Å². The minimum absolute atomic E-state index is 0.0207. The molecule has 1 fully saturated rings. The molecular formula is C26H28O11. The summed E-state index contributed by atoms with van der Waals surface area (Å²) in [6, 6.07) is 11.6. The van der Waals surface area contributed by atoms with E-state index in [0.717, 1.165) is 16.5 Å². The topological polar surface area (TPSA) is 165 Å². The number of fused-ring (bicyclic) bond motifs is 1. The summed E-state index contributed by atoms with van der Waals surface area (Å²) in [5, 5.41) is 42.1. The Bertz CT molecular complexity index is 1230. The van der Waals surface area contributed by atoms with E-state index in [2.05, 4.69) is 4.74 Å². The van der Waals surface area contributed by atoms with Gasteiger partial charge in [-0.1, -0.05) is 12.1 Å². The van der Waals surface area contributed by atoms with Crippen LogP contribution in [0.3, 0.4) is 0 Å². The van der Waals surface area contributed by atoms with Crippen LogP contribution in [0.15, 0.2) is 53.1 Å². The normalized spacial score (nSPS) is 23.5. The fourth-order valence-electron chi connectivity index (χ4n) is 4.14. The summed E-state index contributed by atoms with van der Waals surface area (Å²) in [5.41, 5.74) is 1.51. The molecule has 0 aliphatic carbocycles. The minimum Gasteiger partial charge on any atom is -0.507 e. The van der Waals surface area contributed by atoms with Crippen LogP contribution in [-0.2, 0) is 20.6 Å². The SMILES string of the molecule is CCOC(=O)O[C@H]1[C@H](O)[C@@H](O)[C@H](Oc2cccc(O)c2C(=O)CCc2ccc3occc3c2)O[C@@H]1CO. The summed E-state index contributed by atoms with van der Waals surface area (Å²) in [6.07, 6.45) is -6.77. The second-order valence-electron chi connectivity index (χ2n) is 8.46. The molecule has 2 aromatic carbocycles. The molecule has 1 aliphatic heterocycles. The zero-order valence-electron chi connectivity index (χ0n) is 20.0. The number of carbonyl (C=O) groups is 2. The zero-order valence-corrected chi connectivity index (χ0v) is 20.0. The van der Waals surface area contributed by atoms with Gasteiger partial charge in [-0.25, -0.2) is 4.79 Å². The molecule has 1 aromatic heterocycles. The van der Waals surface area contributed by atoms with Crippen LogP contribution in [0.4, 0.5) is 4.79 Å². The van der Waals surface area contributed by atoms with E-state index < -0.39 is 49.3 Å². The summed E-state index contributed by atoms with van der Waals surface area (Å²) < 4.78 is 26.2. The summed E-state index contributed by atoms with van der Waals surface area (Å²) in [4.78, 5) is 24.8.